The smallest absolute Gasteiger partial charge is 0.417 e. The molecule has 0 aromatic heterocycles. The molecule has 2 fully saturated rings. The Labute approximate surface area is 941 Å². The largest absolute Gasteiger partial charge is 0.479 e. The molecule has 2 aliphatic heterocycles. The number of ether oxygens (including phenoxy) is 8. The second kappa shape index (κ2) is 86.3. The molecule has 150 heavy (non-hydrogen) atoms. The van der Waals surface area contributed by atoms with Gasteiger partial charge in [-0.1, -0.05) is 251 Å². The lowest BCUT2D eigenvalue weighted by atomic mass is 9.91. The quantitative estimate of drug-likeness (QED) is 0.0211. The van der Waals surface area contributed by atoms with Gasteiger partial charge in [0.1, 0.15) is 35.6 Å². The number of carbonyl (C=O) groups excluding carboxylic acids is 6. The molecule has 0 saturated carbocycles. The number of hydrogen-bond acceptors (Lipinski definition) is 16. The average Bonchev–Trinajstić information content (AvgIpc) is 1.61. The molecule has 2 aliphatic rings. The van der Waals surface area contributed by atoms with E-state index in [9.17, 15) is 33.6 Å². The van der Waals surface area contributed by atoms with Gasteiger partial charge in [-0.2, -0.15) is 0 Å². The summed E-state index contributed by atoms with van der Waals surface area (Å²) in [5.74, 6) is 106. The monoisotopic (exact) mass is 2400 g/mol. The molecule has 0 spiro atoms. The first-order chi connectivity index (χ1) is 70.5. The number of terminal acetylenes is 1. The van der Waals surface area contributed by atoms with Crippen molar-refractivity contribution in [1.29, 1.82) is 0 Å². The van der Waals surface area contributed by atoms with Gasteiger partial charge in [0.15, 0.2) is 12.2 Å². The van der Waals surface area contributed by atoms with Gasteiger partial charge < -0.3 is 53.4 Å². The van der Waals surface area contributed by atoms with Crippen LogP contribution in [-0.2, 0) is 93.6 Å². The topological polar surface area (TPSA) is 249 Å². The number of alkyl halides is 1. The minimum Gasteiger partial charge on any atom is -0.479 e. The summed E-state index contributed by atoms with van der Waals surface area (Å²) in [6.07, 6.45) is -0.00860. The summed E-state index contributed by atoms with van der Waals surface area (Å²) in [5.41, 5.74) is 5.87. The molecule has 26 heteroatoms. The molecule has 0 radical (unpaired) electrons. The lowest BCUT2D eigenvalue weighted by Gasteiger charge is -2.29. The van der Waals surface area contributed by atoms with Gasteiger partial charge in [-0.15, -0.1) is 12.3 Å². The zero-order valence-electron chi connectivity index (χ0n) is 82.1. The average molecular weight is 2410 g/mol. The lowest BCUT2D eigenvalue weighted by molar-refractivity contribution is -0.153. The summed E-state index contributed by atoms with van der Waals surface area (Å²) in [7, 11) is 2.58. The fraction of sp³-hybridized carbons (Fsp3) is 0.250. The minimum absolute atomic E-state index is 0. The van der Waals surface area contributed by atoms with Crippen molar-refractivity contribution in [1.82, 2.24) is 10.2 Å². The van der Waals surface area contributed by atoms with Crippen molar-refractivity contribution >= 4 is 148 Å². The van der Waals surface area contributed by atoms with Crippen LogP contribution in [0, 0.1) is 261 Å². The van der Waals surface area contributed by atoms with Crippen LogP contribution in [0.4, 0.5) is 9.59 Å². The lowest BCUT2D eigenvalue weighted by Crippen LogP contribution is -2.43. The van der Waals surface area contributed by atoms with Crippen LogP contribution in [-0.4, -0.2) is 112 Å². The predicted octanol–water partition coefficient (Wildman–Crippen LogP) is 21.7. The molecule has 2 heterocycles. The number of aliphatic hydroxyl groups excluding tert-OH is 1. The summed E-state index contributed by atoms with van der Waals surface area (Å²) in [5, 5.41) is 20.2. The highest BCUT2D eigenvalue weighted by molar-refractivity contribution is 9.11. The number of nitrogens with one attached hydrogen (secondary N) is 1. The number of aliphatic carboxylic acids is 1. The number of hydrogen-bond donors (Lipinski definition) is 3. The molecule has 762 valence electrons. The molecule has 7 atom stereocenters. The zero-order valence-corrected chi connectivity index (χ0v) is 92.4. The highest BCUT2D eigenvalue weighted by Gasteiger charge is 2.52. The number of methoxy groups -OCH3 is 2. The van der Waals surface area contributed by atoms with Crippen molar-refractivity contribution < 1.29 is 81.7 Å². The van der Waals surface area contributed by atoms with Gasteiger partial charge in [0.05, 0.1) is 46.7 Å². The summed E-state index contributed by atoms with van der Waals surface area (Å²) < 4.78 is 45.9. The molecule has 9 rings (SSSR count). The van der Waals surface area contributed by atoms with E-state index in [2.05, 4.69) is 384 Å². The summed E-state index contributed by atoms with van der Waals surface area (Å²) in [4.78, 5) is 79.9. The number of imide groups is 1. The van der Waals surface area contributed by atoms with Crippen molar-refractivity contribution in [2.75, 3.05) is 14.2 Å². The first kappa shape index (κ1) is 138. The maximum absolute atomic E-state index is 13.0. The fourth-order valence-electron chi connectivity index (χ4n) is 9.80. The Bertz CT molecular complexity index is 6900. The third-order valence-corrected chi connectivity index (χ3v) is 20.4. The van der Waals surface area contributed by atoms with Crippen molar-refractivity contribution in [3.63, 3.8) is 0 Å². The van der Waals surface area contributed by atoms with Crippen molar-refractivity contribution in [3.8, 4) is 261 Å². The number of nitrogens with zero attached hydrogens (tertiary/aromatic N) is 1. The van der Waals surface area contributed by atoms with Gasteiger partial charge in [0, 0.05) is 170 Å². The van der Waals surface area contributed by atoms with Crippen LogP contribution in [0.2, 0.25) is 0 Å². The maximum atomic E-state index is 13.0. The number of aliphatic hydroxyl groups is 1. The highest BCUT2D eigenvalue weighted by atomic mass is 79.9. The van der Waals surface area contributed by atoms with Gasteiger partial charge in [0.2, 0.25) is 5.24 Å². The number of amides is 3. The van der Waals surface area contributed by atoms with Gasteiger partial charge in [-0.3, -0.25) is 9.59 Å². The number of benzene rings is 7. The van der Waals surface area contributed by atoms with Crippen LogP contribution in [0.1, 0.15) is 156 Å². The van der Waals surface area contributed by atoms with E-state index < -0.39 is 76.9 Å². The number of alkyl carbamates (subject to hydrolysis) is 1. The van der Waals surface area contributed by atoms with E-state index in [0.717, 1.165) is 61.1 Å². The molecular weight excluding hydrogens is 2300 g/mol. The van der Waals surface area contributed by atoms with E-state index in [0.29, 0.717) is 19.8 Å². The summed E-state index contributed by atoms with van der Waals surface area (Å²) in [6, 6.07) is 57.6. The first-order valence-electron chi connectivity index (χ1n) is 42.9. The van der Waals surface area contributed by atoms with Crippen LogP contribution in [0.25, 0.3) is 0 Å². The number of esters is 2. The molecule has 0 aliphatic carbocycles. The van der Waals surface area contributed by atoms with Crippen LogP contribution in [0.5, 0.6) is 0 Å². The van der Waals surface area contributed by atoms with Crippen LogP contribution < -0.4 is 5.32 Å². The third kappa shape index (κ3) is 67.7. The Kier molecular flexibility index (Phi) is 79.5. The molecule has 3 amide bonds. The molecule has 2 saturated heterocycles. The normalized spacial score (nSPS) is 11.7. The Morgan fingerprint density at radius 3 is 0.853 bits per heavy atom. The van der Waals surface area contributed by atoms with Gasteiger partial charge >= 0.3 is 30.1 Å². The van der Waals surface area contributed by atoms with E-state index in [1.54, 1.807) is 41.5 Å². The van der Waals surface area contributed by atoms with Crippen molar-refractivity contribution in [2.24, 2.45) is 0 Å². The van der Waals surface area contributed by atoms with Gasteiger partial charge in [-0.05, 0) is 289 Å². The summed E-state index contributed by atoms with van der Waals surface area (Å²) in [6.45, 7) is 21.7. The molecule has 3 N–H and O–H groups in total. The van der Waals surface area contributed by atoms with Gasteiger partial charge in [0.25, 0.3) is 5.91 Å². The number of cyclic esters (lactones) is 2. The SMILES string of the molecule is BrCc1ccc(Br)cc1.C.C.C.C#CC.CC#CC#CC#CC#CC#CC#CC#CC#CC#CC#CC#CC#CC#CC#CC#CC#CC#CC#CC#CC#CC#CC.CC(OCc1ccc(Br)cc1)C(=O)Cl.CC(OCc1ccc(Br)cc1)C(=O)N1C(=O)OC(C)(C)[C@@H]1c1ccccc1.CC(OCc1ccc(Br)cc1)C(=O)O.CC1(C)OC(=O)N[C@H]1c1ccccc1.COC(=O)C(C)OCc1ccc(Br)cc1.COC(=O)[C@H](C)O. The molecule has 7 aromatic carbocycles. The van der Waals surface area contributed by atoms with E-state index in [4.69, 9.17) is 50.2 Å². The molecule has 7 aromatic rings. The number of rotatable bonds is 20. The molecule has 19 nitrogen and oxygen atoms in total. The number of halogens is 7. The van der Waals surface area contributed by atoms with Gasteiger partial charge in [-0.25, -0.2) is 28.9 Å². The molecule has 4 unspecified atom stereocenters. The number of carboxylic acid groups (broad SMARTS) is 1. The van der Waals surface area contributed by atoms with Crippen LogP contribution >= 0.6 is 107 Å². The van der Waals surface area contributed by atoms with E-state index in [1.165, 1.54) is 38.5 Å². The first-order valence-corrected chi connectivity index (χ1v) is 48.4. The second-order valence-corrected chi connectivity index (χ2v) is 34.2. The van der Waals surface area contributed by atoms with E-state index in [1.807, 2.05) is 198 Å². The predicted molar refractivity (Wildman–Crippen MR) is 613 cm³/mol. The highest BCUT2D eigenvalue weighted by Crippen LogP contribution is 2.42. The Morgan fingerprint density at radius 2 is 0.627 bits per heavy atom. The third-order valence-electron chi connectivity index (χ3n) is 16.8. The standard InChI is InChI=1S/C44H6.C21H22BrNO4.C11H13BrO3.C11H13NO2.C10H10BrClO2.C10H11BrO3.C7H6Br2.C4H8O3.C3H4.3CH4/c1-3-5-7-9-11-13-15-17-19-21-23-25-27-29-31-33-35-37-39-41-43-44-42-40-38-36-34-32-30-28-26-24-22-20-18-16-14-12-10-8-6-4-2;1-14(26-13-15-9-11-17(22)12-10-15)19(24)23-18(16-7-5-4-6-8-16)21(2,3)27-20(23)25;1-8(11(13)14-2)15-7-9-3-5-10(12)6-4-9;1-11(2)9(12-10(13)14-11)8-6-4-3-5-7-8;2*1-7(10(12)13)14-6-8-2-4-9(11)5-3-8;8-5-6-1-3-7(9)4-2-6;1-3(5)4(6)7-2;1-3-2;;;/h1-2H3;4-12,14,18H,13H2,1-3H3;3-6,8H,7H2,1-2H3;3-7,9H,1-2H3,(H,12,13);2-5,7H,6H2,1H3;2-5,7H,6H2,1H3,(H,12,13);1-4H,5H2;3,5H,1-2H3;1H,2H3;3*1H4/t;14?,18-;;9-;;;;3-;;;;/m.0.0...0..../s1. The summed E-state index contributed by atoms with van der Waals surface area (Å²) >= 11 is 25.4. The van der Waals surface area contributed by atoms with Crippen molar-refractivity contribution in [3.05, 3.63) is 243 Å². The second-order valence-electron chi connectivity index (χ2n) is 28.7. The number of carbonyl (C=O) groups is 7. The maximum Gasteiger partial charge on any atom is 0.417 e. The Hall–Kier alpha value is -15.9. The minimum atomic E-state index is -0.995. The fourth-order valence-corrected chi connectivity index (χ4v) is 11.6. The van der Waals surface area contributed by atoms with Crippen molar-refractivity contribution in [2.45, 2.75) is 191 Å². The van der Waals surface area contributed by atoms with Crippen LogP contribution in [0.3, 0.4) is 0 Å². The van der Waals surface area contributed by atoms with E-state index in [-0.39, 0.29) is 47.0 Å². The molecule has 0 bridgehead atoms. The Balaban J connectivity index is -0.00000175. The Morgan fingerprint density at radius 1 is 0.380 bits per heavy atom. The van der Waals surface area contributed by atoms with Crippen LogP contribution in [0.15, 0.2) is 204 Å². The number of carboxylic acids is 1. The molecular formula is C124H105Br6ClN2O17. The zero-order chi connectivity index (χ0) is 109. The van der Waals surface area contributed by atoms with E-state index >= 15 is 0 Å².